The maximum atomic E-state index is 11.5. The van der Waals surface area contributed by atoms with E-state index < -0.39 is 11.7 Å². The van der Waals surface area contributed by atoms with Crippen LogP contribution in [0.3, 0.4) is 0 Å². The highest BCUT2D eigenvalue weighted by Gasteiger charge is 2.16. The molecule has 3 N–H and O–H groups in total. The van der Waals surface area contributed by atoms with Crippen molar-refractivity contribution in [3.63, 3.8) is 0 Å². The van der Waals surface area contributed by atoms with Crippen LogP contribution >= 0.6 is 0 Å². The zero-order valence-corrected chi connectivity index (χ0v) is 7.91. The molecule has 1 aromatic rings. The number of ketones is 1. The van der Waals surface area contributed by atoms with Crippen molar-refractivity contribution in [3.8, 4) is 0 Å². The van der Waals surface area contributed by atoms with Crippen molar-refractivity contribution >= 4 is 11.7 Å². The third kappa shape index (κ3) is 1.97. The molecule has 1 aromatic carbocycles. The summed E-state index contributed by atoms with van der Waals surface area (Å²) in [4.78, 5) is 22.6. The number of carbonyl (C=O) groups is 2. The first-order chi connectivity index (χ1) is 6.70. The van der Waals surface area contributed by atoms with E-state index in [2.05, 4.69) is 5.32 Å². The highest BCUT2D eigenvalue weighted by Crippen LogP contribution is 2.08. The monoisotopic (exact) mass is 192 g/mol. The quantitative estimate of drug-likeness (QED) is 0.526. The molecule has 0 aromatic heterocycles. The molecule has 1 rings (SSSR count). The Bertz CT molecular complexity index is 361. The van der Waals surface area contributed by atoms with Crippen molar-refractivity contribution < 1.29 is 9.59 Å². The Morgan fingerprint density at radius 3 is 2.57 bits per heavy atom. The van der Waals surface area contributed by atoms with Gasteiger partial charge in [0.05, 0.1) is 0 Å². The molecule has 0 aliphatic carbocycles. The summed E-state index contributed by atoms with van der Waals surface area (Å²) in [5.74, 6) is -1.17. The molecule has 14 heavy (non-hydrogen) atoms. The molecule has 1 amide bonds. The van der Waals surface area contributed by atoms with Gasteiger partial charge in [0.15, 0.2) is 0 Å². The van der Waals surface area contributed by atoms with Crippen LogP contribution < -0.4 is 11.1 Å². The van der Waals surface area contributed by atoms with Gasteiger partial charge >= 0.3 is 0 Å². The minimum absolute atomic E-state index is 0.249. The topological polar surface area (TPSA) is 72.2 Å². The molecule has 0 saturated carbocycles. The third-order valence-electron chi connectivity index (χ3n) is 1.92. The van der Waals surface area contributed by atoms with E-state index in [0.717, 1.165) is 0 Å². The van der Waals surface area contributed by atoms with Crippen molar-refractivity contribution in [1.82, 2.24) is 5.32 Å². The van der Waals surface area contributed by atoms with E-state index in [1.54, 1.807) is 24.3 Å². The van der Waals surface area contributed by atoms with Crippen LogP contribution in [-0.4, -0.2) is 18.7 Å². The Kier molecular flexibility index (Phi) is 3.36. The Hall–Kier alpha value is -1.68. The van der Waals surface area contributed by atoms with Gasteiger partial charge in [-0.1, -0.05) is 24.3 Å². The van der Waals surface area contributed by atoms with E-state index in [0.29, 0.717) is 11.1 Å². The lowest BCUT2D eigenvalue weighted by atomic mass is 10.0. The minimum Gasteiger partial charge on any atom is -0.352 e. The fraction of sp³-hybridized carbons (Fsp3) is 0.200. The predicted octanol–water partition coefficient (Wildman–Crippen LogP) is 0.0740. The first-order valence-electron chi connectivity index (χ1n) is 4.25. The molecule has 0 heterocycles. The first kappa shape index (κ1) is 10.4. The molecule has 0 spiro atoms. The van der Waals surface area contributed by atoms with E-state index in [-0.39, 0.29) is 6.54 Å². The second-order valence-electron chi connectivity index (χ2n) is 2.77. The molecule has 4 heteroatoms. The van der Waals surface area contributed by atoms with E-state index in [1.165, 1.54) is 7.05 Å². The van der Waals surface area contributed by atoms with Crippen LogP contribution in [0, 0.1) is 0 Å². The van der Waals surface area contributed by atoms with Gasteiger partial charge in [0.2, 0.25) is 5.78 Å². The lowest BCUT2D eigenvalue weighted by Gasteiger charge is -2.04. The molecule has 0 fully saturated rings. The Balaban J connectivity index is 3.06. The van der Waals surface area contributed by atoms with Gasteiger partial charge in [-0.05, 0) is 5.56 Å². The standard InChI is InChI=1S/C10H12N2O2/c1-12-10(14)9(13)8-5-3-2-4-7(8)6-11/h2-5H,6,11H2,1H3,(H,12,14). The minimum atomic E-state index is -0.620. The molecule has 0 unspecified atom stereocenters. The number of carbonyl (C=O) groups excluding carboxylic acids is 2. The van der Waals surface area contributed by atoms with Gasteiger partial charge in [-0.2, -0.15) is 0 Å². The number of hydrogen-bond acceptors (Lipinski definition) is 3. The van der Waals surface area contributed by atoms with Crippen LogP contribution in [0.1, 0.15) is 15.9 Å². The van der Waals surface area contributed by atoms with Crippen LogP contribution in [-0.2, 0) is 11.3 Å². The largest absolute Gasteiger partial charge is 0.352 e. The van der Waals surface area contributed by atoms with Crippen LogP contribution in [0.15, 0.2) is 24.3 Å². The number of nitrogens with two attached hydrogens (primary N) is 1. The maximum absolute atomic E-state index is 11.5. The Morgan fingerprint density at radius 2 is 2.00 bits per heavy atom. The zero-order valence-electron chi connectivity index (χ0n) is 7.91. The van der Waals surface area contributed by atoms with E-state index in [9.17, 15) is 9.59 Å². The maximum Gasteiger partial charge on any atom is 0.292 e. The first-order valence-corrected chi connectivity index (χ1v) is 4.25. The number of Topliss-reactive ketones (excluding diaryl/α,β-unsaturated/α-hetero) is 1. The van der Waals surface area contributed by atoms with Crippen molar-refractivity contribution in [2.75, 3.05) is 7.05 Å². The molecule has 4 nitrogen and oxygen atoms in total. The molecule has 0 radical (unpaired) electrons. The molecule has 0 bridgehead atoms. The molecule has 0 aliphatic rings. The number of hydrogen-bond donors (Lipinski definition) is 2. The highest BCUT2D eigenvalue weighted by atomic mass is 16.2. The Labute approximate surface area is 82.1 Å². The van der Waals surface area contributed by atoms with Crippen LogP contribution in [0.2, 0.25) is 0 Å². The van der Waals surface area contributed by atoms with Gasteiger partial charge < -0.3 is 11.1 Å². The van der Waals surface area contributed by atoms with E-state index in [4.69, 9.17) is 5.73 Å². The summed E-state index contributed by atoms with van der Waals surface area (Å²) in [7, 11) is 1.42. The van der Waals surface area contributed by atoms with E-state index in [1.807, 2.05) is 0 Å². The number of benzene rings is 1. The lowest BCUT2D eigenvalue weighted by Crippen LogP contribution is -2.28. The predicted molar refractivity (Wildman–Crippen MR) is 52.7 cm³/mol. The summed E-state index contributed by atoms with van der Waals surface area (Å²) in [5, 5.41) is 2.29. The average molecular weight is 192 g/mol. The van der Waals surface area contributed by atoms with Crippen molar-refractivity contribution in [1.29, 1.82) is 0 Å². The third-order valence-corrected chi connectivity index (χ3v) is 1.92. The average Bonchev–Trinajstić information content (AvgIpc) is 2.26. The fourth-order valence-electron chi connectivity index (χ4n) is 1.16. The van der Waals surface area contributed by atoms with Crippen molar-refractivity contribution in [2.24, 2.45) is 5.73 Å². The Morgan fingerprint density at radius 1 is 1.36 bits per heavy atom. The van der Waals surface area contributed by atoms with Crippen LogP contribution in [0.4, 0.5) is 0 Å². The summed E-state index contributed by atoms with van der Waals surface area (Å²) in [6.45, 7) is 0.249. The summed E-state index contributed by atoms with van der Waals surface area (Å²) in [6.07, 6.45) is 0. The molecule has 0 atom stereocenters. The summed E-state index contributed by atoms with van der Waals surface area (Å²) in [6, 6.07) is 6.81. The smallest absolute Gasteiger partial charge is 0.292 e. The van der Waals surface area contributed by atoms with Crippen molar-refractivity contribution in [2.45, 2.75) is 6.54 Å². The number of rotatable bonds is 3. The highest BCUT2D eigenvalue weighted by molar-refractivity contribution is 6.43. The summed E-state index contributed by atoms with van der Waals surface area (Å²) < 4.78 is 0. The van der Waals surface area contributed by atoms with Crippen LogP contribution in [0.5, 0.6) is 0 Å². The number of nitrogens with one attached hydrogen (secondary N) is 1. The summed E-state index contributed by atoms with van der Waals surface area (Å²) >= 11 is 0. The van der Waals surface area contributed by atoms with Gasteiger partial charge in [0, 0.05) is 19.2 Å². The van der Waals surface area contributed by atoms with Crippen molar-refractivity contribution in [3.05, 3.63) is 35.4 Å². The van der Waals surface area contributed by atoms with Crippen LogP contribution in [0.25, 0.3) is 0 Å². The molecule has 74 valence electrons. The van der Waals surface area contributed by atoms with Gasteiger partial charge in [-0.15, -0.1) is 0 Å². The molecule has 0 aliphatic heterocycles. The van der Waals surface area contributed by atoms with Gasteiger partial charge in [0.1, 0.15) is 0 Å². The number of amides is 1. The molecular formula is C10H12N2O2. The number of likely N-dealkylation sites (N-methyl/N-ethyl adjacent to an activating group) is 1. The lowest BCUT2D eigenvalue weighted by molar-refractivity contribution is -0.116. The second-order valence-corrected chi connectivity index (χ2v) is 2.77. The summed E-state index contributed by atoms with van der Waals surface area (Å²) in [5.41, 5.74) is 6.50. The second kappa shape index (κ2) is 4.53. The normalized spacial score (nSPS) is 9.57. The fourth-order valence-corrected chi connectivity index (χ4v) is 1.16. The van der Waals surface area contributed by atoms with Gasteiger partial charge in [-0.25, -0.2) is 0 Å². The molecular weight excluding hydrogens is 180 g/mol. The zero-order chi connectivity index (χ0) is 10.6. The SMILES string of the molecule is CNC(=O)C(=O)c1ccccc1CN. The van der Waals surface area contributed by atoms with Gasteiger partial charge in [-0.3, -0.25) is 9.59 Å². The molecule has 0 saturated heterocycles. The van der Waals surface area contributed by atoms with E-state index >= 15 is 0 Å². The van der Waals surface area contributed by atoms with Gasteiger partial charge in [0.25, 0.3) is 5.91 Å².